The Bertz CT molecular complexity index is 1070. The number of amides is 2. The zero-order chi connectivity index (χ0) is 25.8. The van der Waals surface area contributed by atoms with Crippen LogP contribution in [-0.4, -0.2) is 56.9 Å². The van der Waals surface area contributed by atoms with Crippen molar-refractivity contribution in [2.45, 2.75) is 39.4 Å². The molecular formula is C26H33ClN2O6. The number of carbonyl (C=O) groups excluding carboxylic acids is 2. The van der Waals surface area contributed by atoms with E-state index in [-0.39, 0.29) is 31.4 Å². The van der Waals surface area contributed by atoms with E-state index in [0.717, 1.165) is 0 Å². The van der Waals surface area contributed by atoms with Gasteiger partial charge in [0.2, 0.25) is 5.91 Å². The Hall–Kier alpha value is -2.81. The molecule has 3 rings (SSSR count). The zero-order valence-electron chi connectivity index (χ0n) is 20.8. The highest BCUT2D eigenvalue weighted by Crippen LogP contribution is 2.45. The lowest BCUT2D eigenvalue weighted by Gasteiger charge is -2.32. The predicted octanol–water partition coefficient (Wildman–Crippen LogP) is 3.72. The first-order valence-electron chi connectivity index (χ1n) is 11.5. The van der Waals surface area contributed by atoms with Crippen LogP contribution >= 0.6 is 11.6 Å². The van der Waals surface area contributed by atoms with Gasteiger partial charge in [0.15, 0.2) is 11.5 Å². The van der Waals surface area contributed by atoms with Gasteiger partial charge in [0, 0.05) is 46.9 Å². The van der Waals surface area contributed by atoms with Crippen molar-refractivity contribution in [2.24, 2.45) is 5.41 Å². The SMILES string of the molecule is CCNC(=O)C[C@H]1O[C@H](c2cccc(OC)c2OC)c2cc(Cl)ccc2N(CC(C)(C)CO)C1=O. The van der Waals surface area contributed by atoms with E-state index in [9.17, 15) is 14.7 Å². The minimum atomic E-state index is -1.08. The van der Waals surface area contributed by atoms with Gasteiger partial charge >= 0.3 is 0 Å². The number of nitrogens with one attached hydrogen (secondary N) is 1. The summed E-state index contributed by atoms with van der Waals surface area (Å²) in [4.78, 5) is 28.0. The van der Waals surface area contributed by atoms with Gasteiger partial charge in [-0.15, -0.1) is 0 Å². The van der Waals surface area contributed by atoms with Gasteiger partial charge in [-0.1, -0.05) is 37.6 Å². The molecule has 8 nitrogen and oxygen atoms in total. The number of rotatable bonds is 9. The fourth-order valence-corrected chi connectivity index (χ4v) is 4.32. The summed E-state index contributed by atoms with van der Waals surface area (Å²) in [5, 5.41) is 13.1. The van der Waals surface area contributed by atoms with Crippen molar-refractivity contribution in [2.75, 3.05) is 38.8 Å². The molecule has 0 spiro atoms. The van der Waals surface area contributed by atoms with Crippen LogP contribution in [0, 0.1) is 5.41 Å². The molecule has 35 heavy (non-hydrogen) atoms. The van der Waals surface area contributed by atoms with Crippen LogP contribution in [0.2, 0.25) is 5.02 Å². The summed E-state index contributed by atoms with van der Waals surface area (Å²) in [6, 6.07) is 10.6. The van der Waals surface area contributed by atoms with Crippen molar-refractivity contribution in [1.29, 1.82) is 0 Å². The molecule has 0 fully saturated rings. The van der Waals surface area contributed by atoms with Gasteiger partial charge in [-0.05, 0) is 31.2 Å². The Labute approximate surface area is 211 Å². The van der Waals surface area contributed by atoms with Gasteiger partial charge in [0.05, 0.1) is 20.6 Å². The third-order valence-electron chi connectivity index (χ3n) is 5.88. The third-order valence-corrected chi connectivity index (χ3v) is 6.11. The number of aliphatic hydroxyl groups excluding tert-OH is 1. The number of hydrogen-bond donors (Lipinski definition) is 2. The van der Waals surface area contributed by atoms with E-state index < -0.39 is 17.6 Å². The molecule has 1 aliphatic heterocycles. The monoisotopic (exact) mass is 504 g/mol. The lowest BCUT2D eigenvalue weighted by Crippen LogP contribution is -2.46. The molecule has 1 heterocycles. The van der Waals surface area contributed by atoms with Crippen molar-refractivity contribution in [3.05, 3.63) is 52.5 Å². The molecule has 0 bridgehead atoms. The lowest BCUT2D eigenvalue weighted by molar-refractivity contribution is -0.138. The molecule has 0 unspecified atom stereocenters. The average Bonchev–Trinajstić information content (AvgIpc) is 2.93. The maximum atomic E-state index is 13.8. The topological polar surface area (TPSA) is 97.3 Å². The average molecular weight is 505 g/mol. The Morgan fingerprint density at radius 1 is 1.20 bits per heavy atom. The molecule has 2 aromatic carbocycles. The summed E-state index contributed by atoms with van der Waals surface area (Å²) in [5.74, 6) is 0.295. The predicted molar refractivity (Wildman–Crippen MR) is 134 cm³/mol. The van der Waals surface area contributed by atoms with E-state index >= 15 is 0 Å². The molecule has 190 valence electrons. The molecule has 1 aliphatic rings. The van der Waals surface area contributed by atoms with E-state index in [1.807, 2.05) is 32.9 Å². The van der Waals surface area contributed by atoms with E-state index in [1.165, 1.54) is 7.11 Å². The lowest BCUT2D eigenvalue weighted by atomic mass is 9.92. The van der Waals surface area contributed by atoms with Crippen LogP contribution < -0.4 is 19.7 Å². The number of fused-ring (bicyclic) bond motifs is 1. The Morgan fingerprint density at radius 2 is 1.94 bits per heavy atom. The van der Waals surface area contributed by atoms with Gasteiger partial charge in [-0.3, -0.25) is 9.59 Å². The molecule has 2 atom stereocenters. The van der Waals surface area contributed by atoms with Crippen LogP contribution in [-0.2, 0) is 14.3 Å². The Morgan fingerprint density at radius 3 is 2.57 bits per heavy atom. The fourth-order valence-electron chi connectivity index (χ4n) is 4.14. The second-order valence-electron chi connectivity index (χ2n) is 9.19. The Kier molecular flexibility index (Phi) is 8.64. The molecule has 9 heteroatoms. The number of benzene rings is 2. The minimum absolute atomic E-state index is 0.130. The van der Waals surface area contributed by atoms with Crippen molar-refractivity contribution >= 4 is 29.1 Å². The molecule has 0 aromatic heterocycles. The number of hydrogen-bond acceptors (Lipinski definition) is 6. The number of halogens is 1. The van der Waals surface area contributed by atoms with Crippen LogP contribution in [0.5, 0.6) is 11.5 Å². The molecule has 2 N–H and O–H groups in total. The summed E-state index contributed by atoms with van der Waals surface area (Å²) >= 11 is 6.40. The normalized spacial score (nSPS) is 18.0. The molecule has 0 saturated carbocycles. The number of aliphatic hydroxyl groups is 1. The summed E-state index contributed by atoms with van der Waals surface area (Å²) in [6.45, 7) is 6.06. The summed E-state index contributed by atoms with van der Waals surface area (Å²) in [7, 11) is 3.07. The van der Waals surface area contributed by atoms with E-state index in [0.29, 0.717) is 39.9 Å². The van der Waals surface area contributed by atoms with Crippen molar-refractivity contribution in [3.63, 3.8) is 0 Å². The van der Waals surface area contributed by atoms with Gasteiger partial charge in [-0.25, -0.2) is 0 Å². The van der Waals surface area contributed by atoms with Gasteiger partial charge in [0.25, 0.3) is 5.91 Å². The number of ether oxygens (including phenoxy) is 3. The van der Waals surface area contributed by atoms with Gasteiger partial charge in [0.1, 0.15) is 12.2 Å². The molecular weight excluding hydrogens is 472 g/mol. The van der Waals surface area contributed by atoms with Crippen LogP contribution in [0.4, 0.5) is 5.69 Å². The first-order valence-corrected chi connectivity index (χ1v) is 11.9. The maximum Gasteiger partial charge on any atom is 0.256 e. The molecule has 0 radical (unpaired) electrons. The zero-order valence-corrected chi connectivity index (χ0v) is 21.5. The van der Waals surface area contributed by atoms with Crippen LogP contribution in [0.25, 0.3) is 0 Å². The van der Waals surface area contributed by atoms with E-state index in [1.54, 1.807) is 36.3 Å². The number of anilines is 1. The smallest absolute Gasteiger partial charge is 0.256 e. The number of nitrogens with zero attached hydrogens (tertiary/aromatic N) is 1. The largest absolute Gasteiger partial charge is 0.493 e. The molecule has 2 amide bonds. The highest BCUT2D eigenvalue weighted by atomic mass is 35.5. The highest BCUT2D eigenvalue weighted by Gasteiger charge is 2.40. The van der Waals surface area contributed by atoms with E-state index in [4.69, 9.17) is 25.8 Å². The van der Waals surface area contributed by atoms with Crippen LogP contribution in [0.1, 0.15) is 44.4 Å². The number of methoxy groups -OCH3 is 2. The summed E-state index contributed by atoms with van der Waals surface area (Å²) in [5.41, 5.74) is 1.27. The molecule has 2 aromatic rings. The molecule has 0 aliphatic carbocycles. The quantitative estimate of drug-likeness (QED) is 0.540. The first kappa shape index (κ1) is 26.8. The van der Waals surface area contributed by atoms with Crippen molar-refractivity contribution in [1.82, 2.24) is 5.32 Å². The van der Waals surface area contributed by atoms with E-state index in [2.05, 4.69) is 5.32 Å². The Balaban J connectivity index is 2.23. The van der Waals surface area contributed by atoms with Crippen molar-refractivity contribution in [3.8, 4) is 11.5 Å². The maximum absolute atomic E-state index is 13.8. The minimum Gasteiger partial charge on any atom is -0.493 e. The standard InChI is InChI=1S/C26H33ClN2O6/c1-6-28-22(31)13-21-25(32)29(14-26(2,3)15-30)19-11-10-16(27)12-18(19)23(35-21)17-8-7-9-20(33-4)24(17)34-5/h7-12,21,23,30H,6,13-15H2,1-5H3,(H,28,31)/t21-,23-/m1/s1. The molecule has 0 saturated heterocycles. The highest BCUT2D eigenvalue weighted by molar-refractivity contribution is 6.30. The summed E-state index contributed by atoms with van der Waals surface area (Å²) < 4.78 is 17.6. The van der Waals surface area contributed by atoms with Gasteiger partial charge < -0.3 is 29.5 Å². The number of carbonyl (C=O) groups is 2. The van der Waals surface area contributed by atoms with Crippen LogP contribution in [0.3, 0.4) is 0 Å². The van der Waals surface area contributed by atoms with Gasteiger partial charge in [-0.2, -0.15) is 0 Å². The van der Waals surface area contributed by atoms with Crippen molar-refractivity contribution < 1.29 is 28.9 Å². The first-order chi connectivity index (χ1) is 16.6. The second kappa shape index (κ2) is 11.3. The fraction of sp³-hybridized carbons (Fsp3) is 0.462. The van der Waals surface area contributed by atoms with Crippen LogP contribution in [0.15, 0.2) is 36.4 Å². The third kappa shape index (κ3) is 5.89. The summed E-state index contributed by atoms with van der Waals surface area (Å²) in [6.07, 6.45) is -2.02. The second-order valence-corrected chi connectivity index (χ2v) is 9.63. The number of para-hydroxylation sites is 1.